The second-order valence-electron chi connectivity index (χ2n) is 8.11. The molecule has 2 aliphatic heterocycles. The highest BCUT2D eigenvalue weighted by Crippen LogP contribution is 2.35. The van der Waals surface area contributed by atoms with Crippen molar-refractivity contribution in [3.63, 3.8) is 0 Å². The summed E-state index contributed by atoms with van der Waals surface area (Å²) in [6.45, 7) is 2.37. The highest BCUT2D eigenvalue weighted by molar-refractivity contribution is 5.79. The molecule has 4 rings (SSSR count). The zero-order valence-electron chi connectivity index (χ0n) is 17.8. The predicted molar refractivity (Wildman–Crippen MR) is 112 cm³/mol. The van der Waals surface area contributed by atoms with Crippen LogP contribution in [-0.2, 0) is 11.2 Å². The zero-order valence-corrected chi connectivity index (χ0v) is 17.8. The van der Waals surface area contributed by atoms with Crippen LogP contribution in [0.2, 0.25) is 0 Å². The first-order valence-electron chi connectivity index (χ1n) is 10.7. The average Bonchev–Trinajstić information content (AvgIpc) is 3.44. The summed E-state index contributed by atoms with van der Waals surface area (Å²) in [5, 5.41) is 14.0. The number of ether oxygens (including phenoxy) is 3. The Morgan fingerprint density at radius 3 is 2.48 bits per heavy atom. The highest BCUT2D eigenvalue weighted by Gasteiger charge is 2.31. The fraction of sp³-hybridized carbons (Fsp3) is 0.435. The Bertz CT molecular complexity index is 962. The minimum atomic E-state index is -4.77. The molecule has 2 N–H and O–H groups in total. The summed E-state index contributed by atoms with van der Waals surface area (Å²) < 4.78 is 51.5. The number of hydrogen-bond donors (Lipinski definition) is 2. The number of benzene rings is 2. The van der Waals surface area contributed by atoms with Crippen molar-refractivity contribution >= 4 is 5.91 Å². The topological polar surface area (TPSA) is 80.3 Å². The van der Waals surface area contributed by atoms with Gasteiger partial charge < -0.3 is 29.5 Å². The quantitative estimate of drug-likeness (QED) is 0.622. The molecule has 0 aromatic heterocycles. The van der Waals surface area contributed by atoms with E-state index in [1.165, 1.54) is 24.3 Å². The number of rotatable bonds is 8. The van der Waals surface area contributed by atoms with Crippen LogP contribution in [0.1, 0.15) is 30.1 Å². The summed E-state index contributed by atoms with van der Waals surface area (Å²) in [7, 11) is 0. The molecule has 0 spiro atoms. The van der Waals surface area contributed by atoms with Gasteiger partial charge in [-0.15, -0.1) is 13.2 Å². The van der Waals surface area contributed by atoms with Gasteiger partial charge in [-0.05, 0) is 61.3 Å². The molecule has 1 amide bonds. The number of fused-ring (bicyclic) bond motifs is 1. The van der Waals surface area contributed by atoms with Crippen molar-refractivity contribution in [2.24, 2.45) is 0 Å². The van der Waals surface area contributed by atoms with Crippen LogP contribution in [0.15, 0.2) is 42.5 Å². The molecule has 2 atom stereocenters. The van der Waals surface area contributed by atoms with Crippen molar-refractivity contribution in [2.75, 3.05) is 26.4 Å². The fourth-order valence-corrected chi connectivity index (χ4v) is 4.05. The number of likely N-dealkylation sites (tertiary alicyclic amines) is 1. The third kappa shape index (κ3) is 6.29. The second kappa shape index (κ2) is 9.88. The number of carbonyl (C=O) groups is 1. The van der Waals surface area contributed by atoms with E-state index < -0.39 is 18.5 Å². The lowest BCUT2D eigenvalue weighted by atomic mass is 10.0. The molecule has 1 saturated heterocycles. The normalized spacial score (nSPS) is 17.6. The van der Waals surface area contributed by atoms with E-state index in [-0.39, 0.29) is 24.9 Å². The number of alkyl halides is 3. The number of hydrogen-bond acceptors (Lipinski definition) is 6. The second-order valence-corrected chi connectivity index (χ2v) is 8.11. The Kier molecular flexibility index (Phi) is 6.94. The van der Waals surface area contributed by atoms with Crippen LogP contribution in [0.3, 0.4) is 0 Å². The molecule has 0 radical (unpaired) electrons. The van der Waals surface area contributed by atoms with Gasteiger partial charge in [0.15, 0.2) is 11.5 Å². The standard InChI is InChI=1S/C23H25F3N2O5/c24-23(25,26)33-17-6-3-15(4-7-17)11-21(29)27-18(13-28-9-1-2-10-28)22(30)16-5-8-19-20(12-16)32-14-31-19/h3-8,12,18,22,30H,1-2,9-11,13-14H2,(H,27,29). The number of aliphatic hydroxyl groups is 1. The number of halogens is 3. The number of nitrogens with one attached hydrogen (secondary N) is 1. The molecule has 33 heavy (non-hydrogen) atoms. The van der Waals surface area contributed by atoms with E-state index in [1.54, 1.807) is 18.2 Å². The zero-order chi connectivity index (χ0) is 23.4. The number of nitrogens with zero attached hydrogens (tertiary/aromatic N) is 1. The largest absolute Gasteiger partial charge is 0.573 e. The summed E-state index contributed by atoms with van der Waals surface area (Å²) in [5.74, 6) is 0.447. The van der Waals surface area contributed by atoms with E-state index in [2.05, 4.69) is 15.0 Å². The van der Waals surface area contributed by atoms with Gasteiger partial charge in [0.2, 0.25) is 12.7 Å². The van der Waals surface area contributed by atoms with Gasteiger partial charge in [-0.1, -0.05) is 18.2 Å². The number of amides is 1. The summed E-state index contributed by atoms with van der Waals surface area (Å²) in [4.78, 5) is 14.9. The monoisotopic (exact) mass is 466 g/mol. The van der Waals surface area contributed by atoms with Crippen LogP contribution < -0.4 is 19.5 Å². The lowest BCUT2D eigenvalue weighted by Crippen LogP contribution is -2.47. The predicted octanol–water partition coefficient (Wildman–Crippen LogP) is 3.17. The van der Waals surface area contributed by atoms with Crippen LogP contribution in [0.5, 0.6) is 17.2 Å². The van der Waals surface area contributed by atoms with Gasteiger partial charge >= 0.3 is 6.36 Å². The van der Waals surface area contributed by atoms with E-state index in [9.17, 15) is 23.1 Å². The maximum atomic E-state index is 12.7. The van der Waals surface area contributed by atoms with Crippen LogP contribution in [0.25, 0.3) is 0 Å². The molecular weight excluding hydrogens is 441 g/mol. The van der Waals surface area contributed by atoms with E-state index in [0.717, 1.165) is 25.9 Å². The summed E-state index contributed by atoms with van der Waals surface area (Å²) >= 11 is 0. The van der Waals surface area contributed by atoms with E-state index >= 15 is 0 Å². The minimum absolute atomic E-state index is 0.0450. The van der Waals surface area contributed by atoms with Gasteiger partial charge in [0.1, 0.15) is 11.9 Å². The third-order valence-corrected chi connectivity index (χ3v) is 5.64. The van der Waals surface area contributed by atoms with E-state index in [4.69, 9.17) is 9.47 Å². The molecule has 0 aliphatic carbocycles. The van der Waals surface area contributed by atoms with Crippen molar-refractivity contribution < 1.29 is 37.3 Å². The van der Waals surface area contributed by atoms with Gasteiger partial charge in [0.05, 0.1) is 12.5 Å². The first-order chi connectivity index (χ1) is 15.8. The third-order valence-electron chi connectivity index (χ3n) is 5.64. The number of aliphatic hydroxyl groups excluding tert-OH is 1. The molecule has 10 heteroatoms. The maximum Gasteiger partial charge on any atom is 0.573 e. The van der Waals surface area contributed by atoms with Gasteiger partial charge in [-0.3, -0.25) is 4.79 Å². The molecule has 2 unspecified atom stereocenters. The van der Waals surface area contributed by atoms with Crippen molar-refractivity contribution in [3.8, 4) is 17.2 Å². The van der Waals surface area contributed by atoms with Crippen LogP contribution >= 0.6 is 0 Å². The summed E-state index contributed by atoms with van der Waals surface area (Å²) in [6, 6.07) is 9.73. The highest BCUT2D eigenvalue weighted by atomic mass is 19.4. The molecule has 0 bridgehead atoms. The summed E-state index contributed by atoms with van der Waals surface area (Å²) in [5.41, 5.74) is 1.12. The Hall–Kier alpha value is -2.98. The van der Waals surface area contributed by atoms with Gasteiger partial charge in [0, 0.05) is 6.54 Å². The lowest BCUT2D eigenvalue weighted by molar-refractivity contribution is -0.274. The molecule has 178 valence electrons. The minimum Gasteiger partial charge on any atom is -0.454 e. The van der Waals surface area contributed by atoms with E-state index in [1.807, 2.05) is 0 Å². The van der Waals surface area contributed by atoms with Crippen molar-refractivity contribution in [1.82, 2.24) is 10.2 Å². The molecule has 2 heterocycles. The molecular formula is C23H25F3N2O5. The van der Waals surface area contributed by atoms with Crippen LogP contribution in [-0.4, -0.2) is 54.7 Å². The Labute approximate surface area is 189 Å². The average molecular weight is 466 g/mol. The van der Waals surface area contributed by atoms with Crippen molar-refractivity contribution in [2.45, 2.75) is 37.8 Å². The Morgan fingerprint density at radius 2 is 1.79 bits per heavy atom. The summed E-state index contributed by atoms with van der Waals surface area (Å²) in [6.07, 6.45) is -3.67. The van der Waals surface area contributed by atoms with E-state index in [0.29, 0.717) is 29.2 Å². The first kappa shape index (κ1) is 23.2. The Balaban J connectivity index is 1.42. The smallest absolute Gasteiger partial charge is 0.454 e. The molecule has 2 aromatic carbocycles. The molecule has 2 aliphatic rings. The number of carbonyl (C=O) groups excluding carboxylic acids is 1. The van der Waals surface area contributed by atoms with Gasteiger partial charge in [-0.2, -0.15) is 0 Å². The molecule has 7 nitrogen and oxygen atoms in total. The maximum absolute atomic E-state index is 12.7. The van der Waals surface area contributed by atoms with Crippen molar-refractivity contribution in [3.05, 3.63) is 53.6 Å². The fourth-order valence-electron chi connectivity index (χ4n) is 4.05. The van der Waals surface area contributed by atoms with Crippen molar-refractivity contribution in [1.29, 1.82) is 0 Å². The molecule has 1 fully saturated rings. The van der Waals surface area contributed by atoms with Crippen LogP contribution in [0, 0.1) is 0 Å². The SMILES string of the molecule is O=C(Cc1ccc(OC(F)(F)F)cc1)NC(CN1CCCC1)C(O)c1ccc2c(c1)OCO2. The molecule has 0 saturated carbocycles. The van der Waals surface area contributed by atoms with Gasteiger partial charge in [-0.25, -0.2) is 0 Å². The molecule has 2 aromatic rings. The van der Waals surface area contributed by atoms with Gasteiger partial charge in [0.25, 0.3) is 0 Å². The Morgan fingerprint density at radius 1 is 1.09 bits per heavy atom. The first-order valence-corrected chi connectivity index (χ1v) is 10.7. The lowest BCUT2D eigenvalue weighted by Gasteiger charge is -2.29. The van der Waals surface area contributed by atoms with Crippen LogP contribution in [0.4, 0.5) is 13.2 Å².